The summed E-state index contributed by atoms with van der Waals surface area (Å²) < 4.78 is 0. The lowest BCUT2D eigenvalue weighted by molar-refractivity contribution is 0.414. The second-order valence-corrected chi connectivity index (χ2v) is 6.23. The van der Waals surface area contributed by atoms with Gasteiger partial charge in [0.05, 0.1) is 5.70 Å². The molecule has 1 N–H and O–H groups in total. The van der Waals surface area contributed by atoms with Crippen LogP contribution in [0.4, 0.5) is 0 Å². The Morgan fingerprint density at radius 3 is 2.89 bits per heavy atom. The fourth-order valence-corrected chi connectivity index (χ4v) is 3.75. The van der Waals surface area contributed by atoms with Gasteiger partial charge < -0.3 is 10.2 Å². The van der Waals surface area contributed by atoms with Crippen LogP contribution in [-0.4, -0.2) is 11.4 Å². The maximum absolute atomic E-state index is 4.16. The smallest absolute Gasteiger partial charge is 0.102 e. The van der Waals surface area contributed by atoms with Crippen LogP contribution >= 0.6 is 0 Å². The van der Waals surface area contributed by atoms with Crippen molar-refractivity contribution in [1.82, 2.24) is 10.2 Å². The molecule has 2 nitrogen and oxygen atoms in total. The Hall–Kier alpha value is -1.18. The standard InChI is InChI=1S/C17H26N2/c1-3-4-5-6-9-19-13(2)18-12-17(19)16-11-14-7-8-15(16)10-14/h12,14,18H,2-11H2,1H3. The number of nitrogens with zero attached hydrogens (tertiary/aromatic N) is 1. The molecule has 0 aromatic heterocycles. The van der Waals surface area contributed by atoms with E-state index in [1.807, 2.05) is 0 Å². The minimum absolute atomic E-state index is 0.946. The molecule has 1 heterocycles. The van der Waals surface area contributed by atoms with Crippen LogP contribution in [0.5, 0.6) is 0 Å². The van der Waals surface area contributed by atoms with E-state index in [1.165, 1.54) is 57.1 Å². The highest BCUT2D eigenvalue weighted by atomic mass is 15.3. The largest absolute Gasteiger partial charge is 0.346 e. The van der Waals surface area contributed by atoms with Crippen molar-refractivity contribution in [2.75, 3.05) is 6.54 Å². The molecule has 0 spiro atoms. The van der Waals surface area contributed by atoms with Crippen LogP contribution in [0.3, 0.4) is 0 Å². The zero-order valence-corrected chi connectivity index (χ0v) is 12.2. The number of hydrogen-bond donors (Lipinski definition) is 1. The maximum atomic E-state index is 4.16. The first-order valence-corrected chi connectivity index (χ1v) is 7.94. The average molecular weight is 258 g/mol. The predicted molar refractivity (Wildman–Crippen MR) is 80.2 cm³/mol. The van der Waals surface area contributed by atoms with Crippen molar-refractivity contribution in [1.29, 1.82) is 0 Å². The third-order valence-corrected chi connectivity index (χ3v) is 4.85. The molecule has 19 heavy (non-hydrogen) atoms. The van der Waals surface area contributed by atoms with Crippen molar-refractivity contribution < 1.29 is 0 Å². The summed E-state index contributed by atoms with van der Waals surface area (Å²) >= 11 is 0. The molecule has 3 aliphatic rings. The first kappa shape index (κ1) is 12.8. The number of hydrogen-bond acceptors (Lipinski definition) is 2. The number of fused-ring (bicyclic) bond motifs is 2. The third-order valence-electron chi connectivity index (χ3n) is 4.85. The van der Waals surface area contributed by atoms with Gasteiger partial charge in [0.25, 0.3) is 0 Å². The molecule has 0 saturated heterocycles. The summed E-state index contributed by atoms with van der Waals surface area (Å²) in [4.78, 5) is 2.42. The van der Waals surface area contributed by atoms with Crippen molar-refractivity contribution in [3.05, 3.63) is 35.4 Å². The van der Waals surface area contributed by atoms with Gasteiger partial charge in [-0.2, -0.15) is 0 Å². The molecule has 3 rings (SSSR count). The Kier molecular flexibility index (Phi) is 3.67. The van der Waals surface area contributed by atoms with Gasteiger partial charge in [-0.05, 0) is 43.6 Å². The summed E-state index contributed by atoms with van der Waals surface area (Å²) in [6.45, 7) is 7.55. The Morgan fingerprint density at radius 1 is 1.32 bits per heavy atom. The monoisotopic (exact) mass is 258 g/mol. The van der Waals surface area contributed by atoms with E-state index < -0.39 is 0 Å². The van der Waals surface area contributed by atoms with Crippen LogP contribution in [0, 0.1) is 5.92 Å². The Balaban J connectivity index is 1.65. The van der Waals surface area contributed by atoms with Crippen LogP contribution in [0.25, 0.3) is 0 Å². The van der Waals surface area contributed by atoms with Crippen molar-refractivity contribution in [3.63, 3.8) is 0 Å². The van der Waals surface area contributed by atoms with E-state index in [2.05, 4.69) is 29.9 Å². The summed E-state index contributed by atoms with van der Waals surface area (Å²) in [5, 5.41) is 3.33. The lowest BCUT2D eigenvalue weighted by atomic mass is 9.96. The SMILES string of the molecule is C=C1NC=C(C2=C3CCC(C3)C2)N1CCCCCC. The van der Waals surface area contributed by atoms with Crippen LogP contribution in [0.1, 0.15) is 58.3 Å². The van der Waals surface area contributed by atoms with Crippen LogP contribution in [0.15, 0.2) is 35.4 Å². The summed E-state index contributed by atoms with van der Waals surface area (Å²) in [6, 6.07) is 0. The van der Waals surface area contributed by atoms with Gasteiger partial charge in [-0.1, -0.05) is 38.3 Å². The molecule has 0 radical (unpaired) electrons. The minimum Gasteiger partial charge on any atom is -0.346 e. The van der Waals surface area contributed by atoms with Gasteiger partial charge in [0, 0.05) is 12.7 Å². The van der Waals surface area contributed by atoms with E-state index in [0.717, 1.165) is 18.3 Å². The third kappa shape index (κ3) is 2.45. The predicted octanol–water partition coefficient (Wildman–Crippen LogP) is 4.28. The molecular formula is C17H26N2. The van der Waals surface area contributed by atoms with Gasteiger partial charge in [0.15, 0.2) is 0 Å². The second kappa shape index (κ2) is 5.44. The summed E-state index contributed by atoms with van der Waals surface area (Å²) in [5.41, 5.74) is 4.79. The maximum Gasteiger partial charge on any atom is 0.102 e. The quantitative estimate of drug-likeness (QED) is 0.715. The van der Waals surface area contributed by atoms with E-state index in [4.69, 9.17) is 0 Å². The Labute approximate surface area is 117 Å². The van der Waals surface area contributed by atoms with E-state index in [-0.39, 0.29) is 0 Å². The molecule has 1 unspecified atom stereocenters. The highest BCUT2D eigenvalue weighted by Gasteiger charge is 2.34. The van der Waals surface area contributed by atoms with Crippen molar-refractivity contribution in [2.24, 2.45) is 5.92 Å². The van der Waals surface area contributed by atoms with Gasteiger partial charge >= 0.3 is 0 Å². The average Bonchev–Trinajstić information content (AvgIpc) is 3.10. The lowest BCUT2D eigenvalue weighted by Crippen LogP contribution is -2.23. The Bertz CT molecular complexity index is 431. The van der Waals surface area contributed by atoms with Crippen molar-refractivity contribution in [3.8, 4) is 0 Å². The first-order valence-electron chi connectivity index (χ1n) is 7.94. The number of rotatable bonds is 6. The molecule has 104 valence electrons. The molecule has 1 aliphatic heterocycles. The molecule has 1 saturated carbocycles. The first-order chi connectivity index (χ1) is 9.29. The lowest BCUT2D eigenvalue weighted by Gasteiger charge is -2.25. The summed E-state index contributed by atoms with van der Waals surface area (Å²) in [5.74, 6) is 2.02. The van der Waals surface area contributed by atoms with Crippen LogP contribution < -0.4 is 5.32 Å². The van der Waals surface area contributed by atoms with Gasteiger partial charge in [-0.3, -0.25) is 0 Å². The fourth-order valence-electron chi connectivity index (χ4n) is 3.75. The zero-order valence-electron chi connectivity index (χ0n) is 12.2. The van der Waals surface area contributed by atoms with Gasteiger partial charge in [0.2, 0.25) is 0 Å². The number of unbranched alkanes of at least 4 members (excludes halogenated alkanes) is 3. The molecule has 0 amide bonds. The minimum atomic E-state index is 0.946. The molecule has 2 bridgehead atoms. The van der Waals surface area contributed by atoms with E-state index in [0.29, 0.717) is 0 Å². The molecule has 0 aromatic rings. The molecular weight excluding hydrogens is 232 g/mol. The van der Waals surface area contributed by atoms with Crippen LogP contribution in [-0.2, 0) is 0 Å². The van der Waals surface area contributed by atoms with Crippen LogP contribution in [0.2, 0.25) is 0 Å². The highest BCUT2D eigenvalue weighted by molar-refractivity contribution is 5.44. The normalized spacial score (nSPS) is 25.3. The van der Waals surface area contributed by atoms with Gasteiger partial charge in [-0.15, -0.1) is 0 Å². The zero-order chi connectivity index (χ0) is 13.2. The highest BCUT2D eigenvalue weighted by Crippen LogP contribution is 2.47. The Morgan fingerprint density at radius 2 is 2.21 bits per heavy atom. The number of allylic oxidation sites excluding steroid dienone is 2. The van der Waals surface area contributed by atoms with Gasteiger partial charge in [0.1, 0.15) is 5.82 Å². The summed E-state index contributed by atoms with van der Waals surface area (Å²) in [6.07, 6.45) is 12.9. The number of nitrogens with one attached hydrogen (secondary N) is 1. The molecule has 2 heteroatoms. The molecule has 0 aromatic carbocycles. The van der Waals surface area contributed by atoms with E-state index >= 15 is 0 Å². The summed E-state index contributed by atoms with van der Waals surface area (Å²) in [7, 11) is 0. The molecule has 1 atom stereocenters. The van der Waals surface area contributed by atoms with E-state index in [9.17, 15) is 0 Å². The van der Waals surface area contributed by atoms with Crippen molar-refractivity contribution in [2.45, 2.75) is 58.3 Å². The topological polar surface area (TPSA) is 15.3 Å². The second-order valence-electron chi connectivity index (χ2n) is 6.23. The molecule has 2 aliphatic carbocycles. The molecule has 1 fully saturated rings. The van der Waals surface area contributed by atoms with Crippen molar-refractivity contribution >= 4 is 0 Å². The van der Waals surface area contributed by atoms with E-state index in [1.54, 1.807) is 11.1 Å². The van der Waals surface area contributed by atoms with Gasteiger partial charge in [-0.25, -0.2) is 0 Å². The fraction of sp³-hybridized carbons (Fsp3) is 0.647.